The van der Waals surface area contributed by atoms with Gasteiger partial charge in [0.1, 0.15) is 5.75 Å². The Labute approximate surface area is 170 Å². The highest BCUT2D eigenvalue weighted by Gasteiger charge is 2.16. The van der Waals surface area contributed by atoms with Crippen LogP contribution in [0.15, 0.2) is 48.5 Å². The Morgan fingerprint density at radius 1 is 0.931 bits per heavy atom. The highest BCUT2D eigenvalue weighted by Crippen LogP contribution is 2.17. The van der Waals surface area contributed by atoms with Gasteiger partial charge in [0.05, 0.1) is 0 Å². The molecule has 0 spiro atoms. The van der Waals surface area contributed by atoms with Crippen LogP contribution in [0.1, 0.15) is 43.1 Å². The number of nitrogens with one attached hydrogen (secondary N) is 3. The molecule has 154 valence electrons. The summed E-state index contributed by atoms with van der Waals surface area (Å²) in [6.45, 7) is 7.42. The van der Waals surface area contributed by atoms with Gasteiger partial charge in [0, 0.05) is 17.7 Å². The second kappa shape index (κ2) is 10.3. The maximum absolute atomic E-state index is 12.2. The molecule has 3 N–H and O–H groups in total. The fraction of sp³-hybridized carbons (Fsp3) is 0.318. The van der Waals surface area contributed by atoms with Crippen molar-refractivity contribution in [2.75, 3.05) is 5.32 Å². The van der Waals surface area contributed by atoms with Gasteiger partial charge in [-0.25, -0.2) is 0 Å². The van der Waals surface area contributed by atoms with E-state index in [0.29, 0.717) is 23.4 Å². The predicted octanol–water partition coefficient (Wildman–Crippen LogP) is 3.21. The number of benzene rings is 2. The molecule has 0 bridgehead atoms. The molecule has 0 saturated carbocycles. The molecule has 7 nitrogen and oxygen atoms in total. The molecule has 3 amide bonds. The lowest BCUT2D eigenvalue weighted by Crippen LogP contribution is -2.47. The van der Waals surface area contributed by atoms with Crippen LogP contribution < -0.4 is 20.9 Å². The van der Waals surface area contributed by atoms with Crippen molar-refractivity contribution in [1.29, 1.82) is 0 Å². The van der Waals surface area contributed by atoms with Crippen LogP contribution in [0, 0.1) is 12.8 Å². The van der Waals surface area contributed by atoms with E-state index in [4.69, 9.17) is 4.74 Å². The molecule has 2 rings (SSSR count). The molecule has 0 heterocycles. The largest absolute Gasteiger partial charge is 0.481 e. The van der Waals surface area contributed by atoms with Crippen LogP contribution in [0.5, 0.6) is 5.75 Å². The molecule has 0 aliphatic heterocycles. The van der Waals surface area contributed by atoms with Gasteiger partial charge in [-0.15, -0.1) is 0 Å². The second-order valence-corrected chi connectivity index (χ2v) is 7.19. The van der Waals surface area contributed by atoms with Gasteiger partial charge >= 0.3 is 0 Å². The third kappa shape index (κ3) is 6.95. The summed E-state index contributed by atoms with van der Waals surface area (Å²) in [4.78, 5) is 36.2. The van der Waals surface area contributed by atoms with Gasteiger partial charge < -0.3 is 10.1 Å². The number of amides is 3. The third-order valence-corrected chi connectivity index (χ3v) is 4.09. The van der Waals surface area contributed by atoms with Gasteiger partial charge in [-0.05, 0) is 55.7 Å². The Balaban J connectivity index is 1.84. The van der Waals surface area contributed by atoms with E-state index in [0.717, 1.165) is 5.56 Å². The highest BCUT2D eigenvalue weighted by atomic mass is 16.5. The smallest absolute Gasteiger partial charge is 0.279 e. The first-order valence-electron chi connectivity index (χ1n) is 9.48. The van der Waals surface area contributed by atoms with Gasteiger partial charge in [-0.3, -0.25) is 25.2 Å². The van der Waals surface area contributed by atoms with E-state index in [1.165, 1.54) is 0 Å². The minimum Gasteiger partial charge on any atom is -0.481 e. The minimum atomic E-state index is -0.782. The zero-order valence-electron chi connectivity index (χ0n) is 17.1. The SMILES string of the molecule is Cc1ccccc1OC(C)C(=O)NNC(=O)c1ccc(NC(=O)CC(C)C)cc1. The minimum absolute atomic E-state index is 0.0768. The molecule has 7 heteroatoms. The maximum Gasteiger partial charge on any atom is 0.279 e. The van der Waals surface area contributed by atoms with Crippen LogP contribution >= 0.6 is 0 Å². The number of hydrazine groups is 1. The number of ether oxygens (including phenoxy) is 1. The van der Waals surface area contributed by atoms with Crippen molar-refractivity contribution >= 4 is 23.4 Å². The summed E-state index contributed by atoms with van der Waals surface area (Å²) in [5.41, 5.74) is 6.58. The van der Waals surface area contributed by atoms with E-state index in [1.807, 2.05) is 39.0 Å². The molecular formula is C22H27N3O4. The van der Waals surface area contributed by atoms with Crippen molar-refractivity contribution in [3.63, 3.8) is 0 Å². The number of carbonyl (C=O) groups excluding carboxylic acids is 3. The van der Waals surface area contributed by atoms with Crippen molar-refractivity contribution in [3.8, 4) is 5.75 Å². The third-order valence-electron chi connectivity index (χ3n) is 4.09. The van der Waals surface area contributed by atoms with Crippen LogP contribution in [-0.2, 0) is 9.59 Å². The number of hydrogen-bond acceptors (Lipinski definition) is 4. The first-order valence-corrected chi connectivity index (χ1v) is 9.48. The van der Waals surface area contributed by atoms with E-state index in [9.17, 15) is 14.4 Å². The zero-order valence-corrected chi connectivity index (χ0v) is 17.1. The lowest BCUT2D eigenvalue weighted by atomic mass is 10.1. The van der Waals surface area contributed by atoms with E-state index in [1.54, 1.807) is 37.3 Å². The monoisotopic (exact) mass is 397 g/mol. The summed E-state index contributed by atoms with van der Waals surface area (Å²) in [5.74, 6) is -0.148. The van der Waals surface area contributed by atoms with Crippen molar-refractivity contribution < 1.29 is 19.1 Å². The maximum atomic E-state index is 12.2. The molecule has 0 aromatic heterocycles. The van der Waals surface area contributed by atoms with Crippen LogP contribution in [0.25, 0.3) is 0 Å². The fourth-order valence-electron chi connectivity index (χ4n) is 2.51. The van der Waals surface area contributed by atoms with Gasteiger partial charge in [0.15, 0.2) is 6.10 Å². The van der Waals surface area contributed by atoms with Crippen LogP contribution in [0.3, 0.4) is 0 Å². The molecule has 0 radical (unpaired) electrons. The van der Waals surface area contributed by atoms with Crippen molar-refractivity contribution in [1.82, 2.24) is 10.9 Å². The van der Waals surface area contributed by atoms with Crippen molar-refractivity contribution in [2.45, 2.75) is 40.2 Å². The molecule has 0 saturated heterocycles. The number of hydrogen-bond donors (Lipinski definition) is 3. The molecule has 29 heavy (non-hydrogen) atoms. The average Bonchev–Trinajstić information content (AvgIpc) is 2.67. The Kier molecular flexibility index (Phi) is 7.77. The predicted molar refractivity (Wildman–Crippen MR) is 111 cm³/mol. The summed E-state index contributed by atoms with van der Waals surface area (Å²) in [6, 6.07) is 13.8. The Hall–Kier alpha value is -3.35. The van der Waals surface area contributed by atoms with Crippen molar-refractivity contribution in [2.24, 2.45) is 5.92 Å². The summed E-state index contributed by atoms with van der Waals surface area (Å²) in [6.07, 6.45) is -0.355. The van der Waals surface area contributed by atoms with Crippen LogP contribution in [-0.4, -0.2) is 23.8 Å². The second-order valence-electron chi connectivity index (χ2n) is 7.19. The molecular weight excluding hydrogens is 370 g/mol. The standard InChI is InChI=1S/C22H27N3O4/c1-14(2)13-20(26)23-18-11-9-17(10-12-18)22(28)25-24-21(27)16(4)29-19-8-6-5-7-15(19)3/h5-12,14,16H,13H2,1-4H3,(H,23,26)(H,24,27)(H,25,28). The Morgan fingerprint density at radius 3 is 2.21 bits per heavy atom. The van der Waals surface area contributed by atoms with Gasteiger partial charge in [0.25, 0.3) is 11.8 Å². The fourth-order valence-corrected chi connectivity index (χ4v) is 2.51. The van der Waals surface area contributed by atoms with Crippen LogP contribution in [0.4, 0.5) is 5.69 Å². The molecule has 0 aliphatic rings. The van der Waals surface area contributed by atoms with Gasteiger partial charge in [-0.1, -0.05) is 32.0 Å². The topological polar surface area (TPSA) is 96.5 Å². The Morgan fingerprint density at radius 2 is 1.59 bits per heavy atom. The Bertz CT molecular complexity index is 863. The number of carbonyl (C=O) groups is 3. The normalized spacial score (nSPS) is 11.5. The molecule has 0 fully saturated rings. The molecule has 0 aliphatic carbocycles. The summed E-state index contributed by atoms with van der Waals surface area (Å²) < 4.78 is 5.62. The lowest BCUT2D eigenvalue weighted by Gasteiger charge is -2.16. The van der Waals surface area contributed by atoms with E-state index in [2.05, 4.69) is 16.2 Å². The zero-order chi connectivity index (χ0) is 21.4. The first-order chi connectivity index (χ1) is 13.8. The van der Waals surface area contributed by atoms with Crippen LogP contribution in [0.2, 0.25) is 0 Å². The van der Waals surface area contributed by atoms with Gasteiger partial charge in [0.2, 0.25) is 5.91 Å². The highest BCUT2D eigenvalue weighted by molar-refractivity contribution is 5.97. The number of anilines is 1. The molecule has 2 aromatic carbocycles. The number of para-hydroxylation sites is 1. The summed E-state index contributed by atoms with van der Waals surface area (Å²) >= 11 is 0. The number of rotatable bonds is 7. The quantitative estimate of drug-likeness (QED) is 0.625. The summed E-state index contributed by atoms with van der Waals surface area (Å²) in [7, 11) is 0. The van der Waals surface area contributed by atoms with Crippen molar-refractivity contribution in [3.05, 3.63) is 59.7 Å². The molecule has 2 aromatic rings. The van der Waals surface area contributed by atoms with Gasteiger partial charge in [-0.2, -0.15) is 0 Å². The van der Waals surface area contributed by atoms with E-state index in [-0.39, 0.29) is 11.8 Å². The van der Waals surface area contributed by atoms with E-state index < -0.39 is 17.9 Å². The molecule has 1 atom stereocenters. The van der Waals surface area contributed by atoms with E-state index >= 15 is 0 Å². The average molecular weight is 397 g/mol. The molecule has 1 unspecified atom stereocenters. The summed E-state index contributed by atoms with van der Waals surface area (Å²) in [5, 5.41) is 2.78. The lowest BCUT2D eigenvalue weighted by molar-refractivity contribution is -0.128. The first kappa shape index (κ1) is 21.9. The number of aryl methyl sites for hydroxylation is 1.